The van der Waals surface area contributed by atoms with E-state index in [-0.39, 0.29) is 44.3 Å². The average molecular weight is 473 g/mol. The van der Waals surface area contributed by atoms with Gasteiger partial charge in [0.25, 0.3) is 6.47 Å². The summed E-state index contributed by atoms with van der Waals surface area (Å²) < 4.78 is 43.8. The first-order valence-corrected chi connectivity index (χ1v) is 9.98. The number of carbonyl (C=O) groups excluding carboxylic acids is 2. The first kappa shape index (κ1) is 28.1. The Hall–Kier alpha value is -2.92. The number of nitrogens with zero attached hydrogens (tertiary/aromatic N) is 2. The van der Waals surface area contributed by atoms with Crippen molar-refractivity contribution in [2.75, 3.05) is 26.7 Å². The van der Waals surface area contributed by atoms with Gasteiger partial charge in [-0.25, -0.2) is 18.0 Å². The normalized spacial score (nSPS) is 20.5. The lowest BCUT2D eigenvalue weighted by Crippen LogP contribution is -2.42. The number of hydrogen-bond donors (Lipinski definition) is 2. The number of hydrogen-bond acceptors (Lipinski definition) is 6. The topological polar surface area (TPSA) is 113 Å². The van der Waals surface area contributed by atoms with E-state index in [1.807, 2.05) is 11.9 Å². The lowest BCUT2D eigenvalue weighted by molar-refractivity contribution is -0.133. The van der Waals surface area contributed by atoms with Crippen molar-refractivity contribution in [1.82, 2.24) is 9.80 Å². The number of ether oxygens (including phenoxy) is 1. The van der Waals surface area contributed by atoms with E-state index in [1.165, 1.54) is 0 Å². The zero-order chi connectivity index (χ0) is 23.8. The van der Waals surface area contributed by atoms with Crippen LogP contribution in [-0.4, -0.2) is 72.0 Å². The van der Waals surface area contributed by atoms with E-state index in [1.54, 1.807) is 0 Å². The van der Waals surface area contributed by atoms with Crippen molar-refractivity contribution in [2.45, 2.75) is 38.8 Å². The predicted molar refractivity (Wildman–Crippen MR) is 114 cm³/mol. The van der Waals surface area contributed by atoms with Gasteiger partial charge >= 0.3 is 5.97 Å². The molecule has 2 aliphatic rings. The summed E-state index contributed by atoms with van der Waals surface area (Å²) in [7, 11) is 2.04. The summed E-state index contributed by atoms with van der Waals surface area (Å²) in [6.07, 6.45) is 2.57. The highest BCUT2D eigenvalue weighted by molar-refractivity contribution is 5.79. The molecule has 11 heteroatoms. The molecule has 0 aliphatic carbocycles. The second kappa shape index (κ2) is 12.9. The van der Waals surface area contributed by atoms with E-state index in [4.69, 9.17) is 10.8 Å². The number of likely N-dealkylation sites (N-methyl/N-ethyl adjacent to an activating group) is 1. The van der Waals surface area contributed by atoms with Crippen LogP contribution in [0.1, 0.15) is 25.8 Å². The van der Waals surface area contributed by atoms with E-state index in [0.717, 1.165) is 38.4 Å². The summed E-state index contributed by atoms with van der Waals surface area (Å²) >= 11 is 0. The fourth-order valence-corrected chi connectivity index (χ4v) is 4.03. The standard InChI is InChI=1S/C17H22F3N3O.C4H4O4.CH4/c1-22-8-10-2-3-23(16(10)9-22)17(24)6-12(21)4-11-5-14(19)15(20)7-13(11)18;5-3-8-2-1-4(6)7;/h5,7,10,12,16H,2-4,6,8-9,21H2,1H3;1-3H,(H,6,7);1H4/b;2-1+;/t10-,12+,16+;;/m0../s1. The summed E-state index contributed by atoms with van der Waals surface area (Å²) in [5.41, 5.74) is 5.95. The van der Waals surface area contributed by atoms with Gasteiger partial charge in [-0.2, -0.15) is 0 Å². The molecular weight excluding hydrogens is 443 g/mol. The quantitative estimate of drug-likeness (QED) is 0.269. The summed E-state index contributed by atoms with van der Waals surface area (Å²) in [6, 6.07) is 0.926. The number of halogens is 3. The maximum Gasteiger partial charge on any atom is 0.331 e. The molecule has 1 aromatic rings. The van der Waals surface area contributed by atoms with Gasteiger partial charge < -0.3 is 25.4 Å². The molecule has 0 spiro atoms. The molecule has 1 aromatic carbocycles. The van der Waals surface area contributed by atoms with Gasteiger partial charge in [0.15, 0.2) is 11.6 Å². The maximum absolute atomic E-state index is 13.7. The molecule has 33 heavy (non-hydrogen) atoms. The van der Waals surface area contributed by atoms with E-state index >= 15 is 0 Å². The monoisotopic (exact) mass is 473 g/mol. The maximum atomic E-state index is 13.7. The second-order valence-electron chi connectivity index (χ2n) is 7.82. The number of carboxylic acids is 1. The third-order valence-corrected chi connectivity index (χ3v) is 5.40. The van der Waals surface area contributed by atoms with Crippen LogP contribution in [0.4, 0.5) is 13.2 Å². The molecule has 8 nitrogen and oxygen atoms in total. The zero-order valence-corrected chi connectivity index (χ0v) is 17.5. The number of carboxylic acid groups (broad SMARTS) is 1. The zero-order valence-electron chi connectivity index (χ0n) is 17.5. The molecule has 2 fully saturated rings. The van der Waals surface area contributed by atoms with Gasteiger partial charge in [-0.05, 0) is 37.4 Å². The minimum atomic E-state index is -1.23. The first-order chi connectivity index (χ1) is 15.1. The van der Waals surface area contributed by atoms with Gasteiger partial charge in [0.1, 0.15) is 12.1 Å². The Labute approximate surface area is 190 Å². The summed E-state index contributed by atoms with van der Waals surface area (Å²) in [5.74, 6) is -3.86. The predicted octanol–water partition coefficient (Wildman–Crippen LogP) is 1.92. The fraction of sp³-hybridized carbons (Fsp3) is 0.500. The van der Waals surface area contributed by atoms with Crippen LogP contribution in [-0.2, 0) is 25.5 Å². The van der Waals surface area contributed by atoms with Gasteiger partial charge in [-0.3, -0.25) is 9.59 Å². The number of fused-ring (bicyclic) bond motifs is 1. The van der Waals surface area contributed by atoms with E-state index < -0.39 is 29.5 Å². The molecule has 0 aromatic heterocycles. The molecule has 3 atom stereocenters. The third kappa shape index (κ3) is 8.17. The molecule has 0 saturated carbocycles. The molecule has 2 aliphatic heterocycles. The molecule has 3 rings (SSSR count). The van der Waals surface area contributed by atoms with Gasteiger partial charge in [0.05, 0.1) is 6.08 Å². The average Bonchev–Trinajstić information content (AvgIpc) is 3.25. The van der Waals surface area contributed by atoms with Crippen molar-refractivity contribution < 1.29 is 37.4 Å². The molecule has 1 amide bonds. The first-order valence-electron chi connectivity index (χ1n) is 9.98. The molecule has 0 radical (unpaired) electrons. The van der Waals surface area contributed by atoms with Gasteiger partial charge in [-0.15, -0.1) is 0 Å². The van der Waals surface area contributed by atoms with Crippen LogP contribution in [0.5, 0.6) is 0 Å². The van der Waals surface area contributed by atoms with Crippen molar-refractivity contribution in [2.24, 2.45) is 11.7 Å². The van der Waals surface area contributed by atoms with Crippen molar-refractivity contribution in [3.05, 3.63) is 47.5 Å². The molecule has 0 unspecified atom stereocenters. The van der Waals surface area contributed by atoms with Crippen molar-refractivity contribution in [1.29, 1.82) is 0 Å². The number of likely N-dealkylation sites (tertiary alicyclic amines) is 2. The Bertz CT molecular complexity index is 868. The van der Waals surface area contributed by atoms with Crippen LogP contribution in [0.25, 0.3) is 0 Å². The Kier molecular flexibility index (Phi) is 11.0. The van der Waals surface area contributed by atoms with Crippen LogP contribution in [0.3, 0.4) is 0 Å². The molecule has 2 saturated heterocycles. The van der Waals surface area contributed by atoms with Crippen molar-refractivity contribution in [3.63, 3.8) is 0 Å². The van der Waals surface area contributed by atoms with Crippen LogP contribution < -0.4 is 5.73 Å². The number of carbonyl (C=O) groups is 3. The van der Waals surface area contributed by atoms with E-state index in [9.17, 15) is 27.6 Å². The lowest BCUT2D eigenvalue weighted by atomic mass is 10.0. The van der Waals surface area contributed by atoms with Crippen LogP contribution in [0.2, 0.25) is 0 Å². The third-order valence-electron chi connectivity index (χ3n) is 5.40. The Morgan fingerprint density at radius 1 is 1.24 bits per heavy atom. The minimum absolute atomic E-state index is 0. The highest BCUT2D eigenvalue weighted by Gasteiger charge is 2.42. The Morgan fingerprint density at radius 3 is 2.55 bits per heavy atom. The van der Waals surface area contributed by atoms with Gasteiger partial charge in [0.2, 0.25) is 5.91 Å². The summed E-state index contributed by atoms with van der Waals surface area (Å²) in [5, 5.41) is 7.86. The molecule has 3 N–H and O–H groups in total. The highest BCUT2D eigenvalue weighted by Crippen LogP contribution is 2.31. The number of benzene rings is 1. The lowest BCUT2D eigenvalue weighted by Gasteiger charge is -2.25. The summed E-state index contributed by atoms with van der Waals surface area (Å²) in [6.45, 7) is 2.73. The molecule has 2 heterocycles. The van der Waals surface area contributed by atoms with Crippen molar-refractivity contribution in [3.8, 4) is 0 Å². The van der Waals surface area contributed by atoms with Crippen LogP contribution in [0.15, 0.2) is 24.5 Å². The second-order valence-corrected chi connectivity index (χ2v) is 7.82. The van der Waals surface area contributed by atoms with Gasteiger partial charge in [-0.1, -0.05) is 7.43 Å². The van der Waals surface area contributed by atoms with Crippen LogP contribution >= 0.6 is 0 Å². The molecule has 184 valence electrons. The smallest absolute Gasteiger partial charge is 0.331 e. The minimum Gasteiger partial charge on any atom is -0.478 e. The van der Waals surface area contributed by atoms with E-state index in [2.05, 4.69) is 9.64 Å². The SMILES string of the molecule is C.CN1C[C@@H]2CCN(C(=O)C[C@H](N)Cc3cc(F)c(F)cc3F)[C@@H]2C1.O=CO/C=C/C(=O)O. The molecular formula is C22H30F3N3O5. The number of nitrogens with two attached hydrogens (primary N) is 1. The fourth-order valence-electron chi connectivity index (χ4n) is 4.03. The van der Waals surface area contributed by atoms with Gasteiger partial charge in [0, 0.05) is 44.2 Å². The van der Waals surface area contributed by atoms with E-state index in [0.29, 0.717) is 18.1 Å². The largest absolute Gasteiger partial charge is 0.478 e. The number of amides is 1. The van der Waals surface area contributed by atoms with Crippen molar-refractivity contribution >= 4 is 18.3 Å². The molecule has 0 bridgehead atoms. The highest BCUT2D eigenvalue weighted by atomic mass is 19.2. The van der Waals surface area contributed by atoms with Crippen LogP contribution in [0, 0.1) is 23.4 Å². The summed E-state index contributed by atoms with van der Waals surface area (Å²) in [4.78, 5) is 35.5. The Morgan fingerprint density at radius 2 is 1.91 bits per heavy atom. The number of rotatable bonds is 7. The Balaban J connectivity index is 0.000000523. The number of aliphatic carboxylic acids is 1.